The molecule has 0 saturated carbocycles. The van der Waals surface area contributed by atoms with E-state index in [0.717, 1.165) is 0 Å². The Morgan fingerprint density at radius 2 is 2.33 bits per heavy atom. The van der Waals surface area contributed by atoms with Gasteiger partial charge in [0.05, 0.1) is 22.9 Å². The van der Waals surface area contributed by atoms with E-state index in [9.17, 15) is 4.79 Å². The molecule has 0 aromatic carbocycles. The van der Waals surface area contributed by atoms with Crippen molar-refractivity contribution in [3.63, 3.8) is 0 Å². The predicted molar refractivity (Wildman–Crippen MR) is 62.1 cm³/mol. The number of hydrogen-bond donors (Lipinski definition) is 1. The highest BCUT2D eigenvalue weighted by atomic mass is 35.5. The van der Waals surface area contributed by atoms with E-state index >= 15 is 0 Å². The van der Waals surface area contributed by atoms with Gasteiger partial charge < -0.3 is 15.1 Å². The normalized spacial score (nSPS) is 12.2. The Hall–Kier alpha value is -1.07. The summed E-state index contributed by atoms with van der Waals surface area (Å²) in [6.07, 6.45) is 1.36. The molecule has 0 saturated heterocycles. The molecule has 1 aromatic heterocycles. The molecule has 1 atom stereocenters. The van der Waals surface area contributed by atoms with Crippen LogP contribution < -0.4 is 5.73 Å². The van der Waals surface area contributed by atoms with E-state index in [2.05, 4.69) is 0 Å². The summed E-state index contributed by atoms with van der Waals surface area (Å²) in [6.45, 7) is 1.74. The third-order valence-electron chi connectivity index (χ3n) is 2.16. The second kappa shape index (κ2) is 4.63. The van der Waals surface area contributed by atoms with Gasteiger partial charge in [-0.1, -0.05) is 12.2 Å². The number of hydrogen-bond acceptors (Lipinski definition) is 3. The van der Waals surface area contributed by atoms with Crippen molar-refractivity contribution in [2.75, 3.05) is 7.05 Å². The Kier molecular flexibility index (Phi) is 3.71. The molecule has 6 heteroatoms. The molecule has 0 aliphatic rings. The molecule has 1 amide bonds. The van der Waals surface area contributed by atoms with Crippen LogP contribution in [0.15, 0.2) is 16.7 Å². The third-order valence-corrected chi connectivity index (χ3v) is 2.80. The van der Waals surface area contributed by atoms with Crippen molar-refractivity contribution in [2.45, 2.75) is 13.0 Å². The summed E-state index contributed by atoms with van der Waals surface area (Å²) in [5.74, 6) is -0.269. The number of likely N-dealkylation sites (N-methyl/N-ethyl adjacent to an activating group) is 1. The van der Waals surface area contributed by atoms with Gasteiger partial charge in [0.25, 0.3) is 5.91 Å². The number of amides is 1. The summed E-state index contributed by atoms with van der Waals surface area (Å²) in [7, 11) is 1.61. The number of rotatable bonds is 3. The number of furan rings is 1. The molecule has 2 N–H and O–H groups in total. The Balaban J connectivity index is 2.86. The zero-order valence-electron chi connectivity index (χ0n) is 8.36. The van der Waals surface area contributed by atoms with Gasteiger partial charge in [-0.3, -0.25) is 4.79 Å². The van der Waals surface area contributed by atoms with Gasteiger partial charge in [0, 0.05) is 7.05 Å². The molecule has 0 bridgehead atoms. The first-order valence-electron chi connectivity index (χ1n) is 4.24. The van der Waals surface area contributed by atoms with Crippen LogP contribution >= 0.6 is 23.8 Å². The van der Waals surface area contributed by atoms with Crippen LogP contribution in [0.2, 0.25) is 5.22 Å². The molecular weight excluding hydrogens is 236 g/mol. The molecular formula is C9H11ClN2O2S. The topological polar surface area (TPSA) is 59.5 Å². The maximum Gasteiger partial charge on any atom is 0.259 e. The summed E-state index contributed by atoms with van der Waals surface area (Å²) >= 11 is 10.5. The molecule has 0 aliphatic carbocycles. The molecule has 1 unspecified atom stereocenters. The van der Waals surface area contributed by atoms with Gasteiger partial charge in [0.1, 0.15) is 0 Å². The second-order valence-corrected chi connectivity index (χ2v) is 3.92. The molecule has 1 heterocycles. The van der Waals surface area contributed by atoms with Crippen LogP contribution in [-0.4, -0.2) is 28.9 Å². The van der Waals surface area contributed by atoms with Crippen LogP contribution in [0.1, 0.15) is 17.3 Å². The van der Waals surface area contributed by atoms with E-state index in [1.165, 1.54) is 17.2 Å². The maximum absolute atomic E-state index is 11.8. The predicted octanol–water partition coefficient (Wildman–Crippen LogP) is 1.68. The Labute approximate surface area is 98.0 Å². The first kappa shape index (κ1) is 12.0. The summed E-state index contributed by atoms with van der Waals surface area (Å²) < 4.78 is 4.83. The zero-order valence-corrected chi connectivity index (χ0v) is 9.93. The summed E-state index contributed by atoms with van der Waals surface area (Å²) in [6, 6.07) is 1.19. The molecule has 0 aliphatic heterocycles. The zero-order chi connectivity index (χ0) is 11.6. The molecule has 0 fully saturated rings. The minimum atomic E-state index is -0.321. The Morgan fingerprint density at radius 3 is 2.73 bits per heavy atom. The van der Waals surface area contributed by atoms with E-state index in [1.807, 2.05) is 0 Å². The number of nitrogens with zero attached hydrogens (tertiary/aromatic N) is 1. The van der Waals surface area contributed by atoms with Gasteiger partial charge in [-0.25, -0.2) is 0 Å². The SMILES string of the molecule is CC(C(N)=S)N(C)C(=O)c1ccoc1Cl. The summed E-state index contributed by atoms with van der Waals surface area (Å²) in [5.41, 5.74) is 5.75. The Bertz CT molecular complexity index is 391. The highest BCUT2D eigenvalue weighted by molar-refractivity contribution is 7.80. The van der Waals surface area contributed by atoms with E-state index in [0.29, 0.717) is 5.56 Å². The summed E-state index contributed by atoms with van der Waals surface area (Å²) in [5, 5.41) is 0.0713. The van der Waals surface area contributed by atoms with Crippen molar-refractivity contribution < 1.29 is 9.21 Å². The fourth-order valence-corrected chi connectivity index (χ4v) is 1.36. The number of nitrogens with two attached hydrogens (primary N) is 1. The number of thiocarbonyl (C=S) groups is 1. The standard InChI is InChI=1S/C9H11ClN2O2S/c1-5(8(11)15)12(2)9(13)6-3-4-14-7(6)10/h3-5H,1-2H3,(H2,11,15). The highest BCUT2D eigenvalue weighted by Crippen LogP contribution is 2.18. The number of carbonyl (C=O) groups is 1. The maximum atomic E-state index is 11.8. The third kappa shape index (κ3) is 2.49. The van der Waals surface area contributed by atoms with Gasteiger partial charge in [0.15, 0.2) is 0 Å². The largest absolute Gasteiger partial charge is 0.452 e. The smallest absolute Gasteiger partial charge is 0.259 e. The van der Waals surface area contributed by atoms with Crippen molar-refractivity contribution in [2.24, 2.45) is 5.73 Å². The fraction of sp³-hybridized carbons (Fsp3) is 0.333. The molecule has 4 nitrogen and oxygen atoms in total. The van der Waals surface area contributed by atoms with E-state index < -0.39 is 0 Å². The van der Waals surface area contributed by atoms with Gasteiger partial charge in [-0.15, -0.1) is 0 Å². The minimum Gasteiger partial charge on any atom is -0.452 e. The van der Waals surface area contributed by atoms with Gasteiger partial charge in [0.2, 0.25) is 5.22 Å². The molecule has 82 valence electrons. The van der Waals surface area contributed by atoms with Crippen LogP contribution in [0, 0.1) is 0 Å². The lowest BCUT2D eigenvalue weighted by Gasteiger charge is -2.23. The van der Waals surface area contributed by atoms with Crippen LogP contribution in [0.3, 0.4) is 0 Å². The van der Waals surface area contributed by atoms with Crippen molar-refractivity contribution in [1.29, 1.82) is 0 Å². The Morgan fingerprint density at radius 1 is 1.73 bits per heavy atom. The molecule has 1 aromatic rings. The lowest BCUT2D eigenvalue weighted by Crippen LogP contribution is -2.42. The van der Waals surface area contributed by atoms with Crippen LogP contribution in [-0.2, 0) is 0 Å². The van der Waals surface area contributed by atoms with Crippen molar-refractivity contribution in [3.8, 4) is 0 Å². The molecule has 15 heavy (non-hydrogen) atoms. The van der Waals surface area contributed by atoms with E-state index in [1.54, 1.807) is 14.0 Å². The van der Waals surface area contributed by atoms with Crippen molar-refractivity contribution in [3.05, 3.63) is 23.1 Å². The second-order valence-electron chi connectivity index (χ2n) is 3.10. The van der Waals surface area contributed by atoms with Gasteiger partial charge >= 0.3 is 0 Å². The first-order valence-corrected chi connectivity index (χ1v) is 5.03. The lowest BCUT2D eigenvalue weighted by atomic mass is 10.2. The molecule has 0 radical (unpaired) electrons. The fourth-order valence-electron chi connectivity index (χ4n) is 1.00. The van der Waals surface area contributed by atoms with Crippen molar-refractivity contribution >= 4 is 34.7 Å². The van der Waals surface area contributed by atoms with Crippen LogP contribution in [0.25, 0.3) is 0 Å². The quantitative estimate of drug-likeness (QED) is 0.825. The van der Waals surface area contributed by atoms with E-state index in [-0.39, 0.29) is 22.2 Å². The lowest BCUT2D eigenvalue weighted by molar-refractivity contribution is 0.0778. The van der Waals surface area contributed by atoms with Gasteiger partial charge in [-0.05, 0) is 24.6 Å². The first-order chi connectivity index (χ1) is 6.95. The summed E-state index contributed by atoms with van der Waals surface area (Å²) in [4.78, 5) is 13.5. The van der Waals surface area contributed by atoms with Gasteiger partial charge in [-0.2, -0.15) is 0 Å². The van der Waals surface area contributed by atoms with Crippen LogP contribution in [0.5, 0.6) is 0 Å². The molecule has 1 rings (SSSR count). The highest BCUT2D eigenvalue weighted by Gasteiger charge is 2.22. The average Bonchev–Trinajstić information content (AvgIpc) is 2.60. The number of carbonyl (C=O) groups excluding carboxylic acids is 1. The average molecular weight is 247 g/mol. The minimum absolute atomic E-state index is 0.0713. The molecule has 0 spiro atoms. The number of halogens is 1. The van der Waals surface area contributed by atoms with Crippen LogP contribution in [0.4, 0.5) is 0 Å². The van der Waals surface area contributed by atoms with E-state index in [4.69, 9.17) is 34.0 Å². The monoisotopic (exact) mass is 246 g/mol. The van der Waals surface area contributed by atoms with Crippen molar-refractivity contribution in [1.82, 2.24) is 4.90 Å².